The highest BCUT2D eigenvalue weighted by molar-refractivity contribution is 6.25. The van der Waals surface area contributed by atoms with Crippen LogP contribution in [0.25, 0.3) is 0 Å². The van der Waals surface area contributed by atoms with Crippen molar-refractivity contribution in [2.45, 2.75) is 20.3 Å². The van der Waals surface area contributed by atoms with Gasteiger partial charge in [0.25, 0.3) is 0 Å². The quantitative estimate of drug-likeness (QED) is 0.586. The molecule has 0 aliphatic carbocycles. The van der Waals surface area contributed by atoms with Crippen LogP contribution in [0.4, 0.5) is 0 Å². The zero-order valence-corrected chi connectivity index (χ0v) is 6.15. The second kappa shape index (κ2) is 15.8. The predicted octanol–water partition coefficient (Wildman–Crippen LogP) is 2.15. The molecule has 0 radical (unpaired) electrons. The molecule has 0 aromatic heterocycles. The molecule has 0 aromatic rings. The van der Waals surface area contributed by atoms with E-state index in [1.807, 2.05) is 13.8 Å². The van der Waals surface area contributed by atoms with Gasteiger partial charge in [-0.2, -0.15) is 0 Å². The summed E-state index contributed by atoms with van der Waals surface area (Å²) in [6.07, 6.45) is 2.64. The largest absolute Gasteiger partial charge is 0.396 e. The van der Waals surface area contributed by atoms with Crippen molar-refractivity contribution in [3.8, 4) is 0 Å². The Hall–Kier alpha value is -0.0100. The number of halogens is 1. The average molecular weight is 137 g/mol. The van der Waals surface area contributed by atoms with Crippen LogP contribution in [0.2, 0.25) is 0 Å². The zero-order chi connectivity index (χ0) is 6.83. The van der Waals surface area contributed by atoms with E-state index in [1.165, 1.54) is 5.54 Å². The summed E-state index contributed by atoms with van der Waals surface area (Å²) in [4.78, 5) is 0. The molecule has 0 bridgehead atoms. The first-order valence-electron chi connectivity index (χ1n) is 2.65. The summed E-state index contributed by atoms with van der Waals surface area (Å²) in [5.41, 5.74) is 1.47. The van der Waals surface area contributed by atoms with Gasteiger partial charge in [-0.1, -0.05) is 24.6 Å². The number of allylic oxidation sites excluding steroid dienone is 1. The number of aliphatic hydroxyl groups excluding tert-OH is 1. The molecule has 1 N–H and O–H groups in total. The summed E-state index contributed by atoms with van der Waals surface area (Å²) in [5, 5.41) is 7.88. The molecule has 0 amide bonds. The molecule has 1 nitrogen and oxygen atoms in total. The Labute approximate surface area is 56.0 Å². The molecule has 0 aliphatic rings. The average Bonchev–Trinajstić information content (AvgIpc) is 1.88. The topological polar surface area (TPSA) is 20.2 Å². The summed E-state index contributed by atoms with van der Waals surface area (Å²) in [6.45, 7) is 4.12. The molecule has 2 heteroatoms. The van der Waals surface area contributed by atoms with Crippen molar-refractivity contribution in [3.63, 3.8) is 0 Å². The molecule has 0 spiro atoms. The summed E-state index contributed by atoms with van der Waals surface area (Å²) >= 11 is 5.01. The van der Waals surface area contributed by atoms with Crippen molar-refractivity contribution in [2.75, 3.05) is 6.61 Å². The van der Waals surface area contributed by atoms with Crippen LogP contribution in [0.3, 0.4) is 0 Å². The van der Waals surface area contributed by atoms with Crippen LogP contribution in [-0.4, -0.2) is 11.7 Å². The lowest BCUT2D eigenvalue weighted by molar-refractivity contribution is 0.295. The molecular formula is C6H13ClO. The fourth-order valence-corrected chi connectivity index (χ4v) is 0. The molecular weight excluding hydrogens is 124 g/mol. The third-order valence-electron chi connectivity index (χ3n) is 0.350. The molecule has 0 aliphatic heterocycles. The molecule has 8 heavy (non-hydrogen) atoms. The van der Waals surface area contributed by atoms with Gasteiger partial charge in [-0.25, -0.2) is 0 Å². The van der Waals surface area contributed by atoms with Crippen LogP contribution < -0.4 is 0 Å². The molecule has 0 fully saturated rings. The zero-order valence-electron chi connectivity index (χ0n) is 5.39. The smallest absolute Gasteiger partial charge is 0.0428 e. The molecule has 0 aromatic carbocycles. The Morgan fingerprint density at radius 1 is 1.62 bits per heavy atom. The third-order valence-corrected chi connectivity index (χ3v) is 0.602. The Bertz CT molecular complexity index is 37.8. The van der Waals surface area contributed by atoms with E-state index >= 15 is 0 Å². The second-order valence-electron chi connectivity index (χ2n) is 1.18. The van der Waals surface area contributed by atoms with Crippen LogP contribution in [0, 0.1) is 0 Å². The van der Waals surface area contributed by atoms with E-state index in [2.05, 4.69) is 0 Å². The lowest BCUT2D eigenvalue weighted by Crippen LogP contribution is -1.69. The second-order valence-corrected chi connectivity index (χ2v) is 1.43. The molecule has 0 saturated heterocycles. The lowest BCUT2D eigenvalue weighted by atomic mass is 10.5. The van der Waals surface area contributed by atoms with Gasteiger partial charge < -0.3 is 5.11 Å². The van der Waals surface area contributed by atoms with Gasteiger partial charge in [0.2, 0.25) is 0 Å². The van der Waals surface area contributed by atoms with Crippen LogP contribution in [-0.2, 0) is 0 Å². The lowest BCUT2D eigenvalue weighted by Gasteiger charge is -1.69. The number of hydrogen-bond donors (Lipinski definition) is 1. The van der Waals surface area contributed by atoms with Gasteiger partial charge in [-0.3, -0.25) is 0 Å². The minimum absolute atomic E-state index is 0.319. The van der Waals surface area contributed by atoms with Gasteiger partial charge in [-0.15, -0.1) is 0 Å². The van der Waals surface area contributed by atoms with E-state index in [9.17, 15) is 0 Å². The fourth-order valence-electron chi connectivity index (χ4n) is 0. The van der Waals surface area contributed by atoms with E-state index in [0.717, 1.165) is 6.42 Å². The summed E-state index contributed by atoms with van der Waals surface area (Å²) in [5.74, 6) is 0. The first-order chi connectivity index (χ1) is 3.83. The summed E-state index contributed by atoms with van der Waals surface area (Å²) in [6, 6.07) is 0. The van der Waals surface area contributed by atoms with Gasteiger partial charge in [0.1, 0.15) is 0 Å². The maximum absolute atomic E-state index is 7.88. The van der Waals surface area contributed by atoms with Gasteiger partial charge in [0.05, 0.1) is 0 Å². The summed E-state index contributed by atoms with van der Waals surface area (Å²) in [7, 11) is 0. The Morgan fingerprint density at radius 2 is 1.88 bits per heavy atom. The highest BCUT2D eigenvalue weighted by Crippen LogP contribution is 1.70. The minimum atomic E-state index is 0.319. The first-order valence-corrected chi connectivity index (χ1v) is 3.09. The van der Waals surface area contributed by atoms with E-state index in [1.54, 1.807) is 6.08 Å². The van der Waals surface area contributed by atoms with E-state index in [-0.39, 0.29) is 0 Å². The molecule has 0 atom stereocenters. The highest BCUT2D eigenvalue weighted by Gasteiger charge is 1.57. The molecule has 0 saturated carbocycles. The van der Waals surface area contributed by atoms with Crippen LogP contribution >= 0.6 is 11.6 Å². The minimum Gasteiger partial charge on any atom is -0.396 e. The van der Waals surface area contributed by atoms with Gasteiger partial charge >= 0.3 is 0 Å². The summed E-state index contributed by atoms with van der Waals surface area (Å²) < 4.78 is 0. The number of hydrogen-bond acceptors (Lipinski definition) is 1. The van der Waals surface area contributed by atoms with Gasteiger partial charge in [0, 0.05) is 6.61 Å². The van der Waals surface area contributed by atoms with Crippen molar-refractivity contribution >= 4 is 11.6 Å². The van der Waals surface area contributed by atoms with Crippen molar-refractivity contribution in [1.29, 1.82) is 0 Å². The molecule has 50 valence electrons. The van der Waals surface area contributed by atoms with E-state index < -0.39 is 0 Å². The molecule has 0 heterocycles. The Morgan fingerprint density at radius 3 is 1.88 bits per heavy atom. The van der Waals surface area contributed by atoms with E-state index in [4.69, 9.17) is 16.7 Å². The van der Waals surface area contributed by atoms with E-state index in [0.29, 0.717) is 6.61 Å². The monoisotopic (exact) mass is 136 g/mol. The van der Waals surface area contributed by atoms with Crippen molar-refractivity contribution in [2.24, 2.45) is 0 Å². The number of aliphatic hydroxyl groups is 1. The fraction of sp³-hybridized carbons (Fsp3) is 0.667. The maximum Gasteiger partial charge on any atom is 0.0428 e. The highest BCUT2D eigenvalue weighted by atomic mass is 35.5. The maximum atomic E-state index is 7.88. The standard InChI is InChI=1S/C3H5Cl.C3H8O/c2*1-2-3-4/h2-3H,1H3;4H,2-3H2,1H3. The normalized spacial score (nSPS) is 8.50. The molecule has 0 rings (SSSR count). The predicted molar refractivity (Wildman–Crippen MR) is 38.0 cm³/mol. The van der Waals surface area contributed by atoms with Gasteiger partial charge in [0.15, 0.2) is 0 Å². The Kier molecular flexibility index (Phi) is 21.4. The molecule has 0 unspecified atom stereocenters. The first kappa shape index (κ1) is 10.9. The SMILES string of the molecule is CC=CCl.CCCO. The van der Waals surface area contributed by atoms with Gasteiger partial charge in [-0.05, 0) is 18.9 Å². The van der Waals surface area contributed by atoms with Crippen LogP contribution in [0.1, 0.15) is 20.3 Å². The van der Waals surface area contributed by atoms with Crippen molar-refractivity contribution < 1.29 is 5.11 Å². The number of rotatable bonds is 1. The van der Waals surface area contributed by atoms with Crippen molar-refractivity contribution in [1.82, 2.24) is 0 Å². The third kappa shape index (κ3) is 37.7. The van der Waals surface area contributed by atoms with Crippen molar-refractivity contribution in [3.05, 3.63) is 11.6 Å². The van der Waals surface area contributed by atoms with Crippen LogP contribution in [0.5, 0.6) is 0 Å². The Balaban J connectivity index is 0. The van der Waals surface area contributed by atoms with Crippen LogP contribution in [0.15, 0.2) is 11.6 Å².